The van der Waals surface area contributed by atoms with Crippen LogP contribution in [0.1, 0.15) is 19.3 Å². The van der Waals surface area contributed by atoms with Crippen molar-refractivity contribution in [2.24, 2.45) is 0 Å². The van der Waals surface area contributed by atoms with E-state index in [4.69, 9.17) is 16.2 Å². The summed E-state index contributed by atoms with van der Waals surface area (Å²) < 4.78 is 28.5. The van der Waals surface area contributed by atoms with E-state index in [2.05, 4.69) is 0 Å². The van der Waals surface area contributed by atoms with E-state index in [1.165, 1.54) is 0 Å². The molecule has 0 radical (unpaired) electrons. The van der Waals surface area contributed by atoms with Crippen LogP contribution in [0.4, 0.5) is 0 Å². The number of hydrogen-bond donors (Lipinski definition) is 1. The van der Waals surface area contributed by atoms with E-state index in [-0.39, 0.29) is 5.75 Å². The Morgan fingerprint density at radius 1 is 1.20 bits per heavy atom. The van der Waals surface area contributed by atoms with Crippen molar-refractivity contribution in [3.8, 4) is 0 Å². The van der Waals surface area contributed by atoms with Crippen LogP contribution in [0.5, 0.6) is 0 Å². The van der Waals surface area contributed by atoms with Crippen molar-refractivity contribution in [3.05, 3.63) is 0 Å². The monoisotopic (exact) mass is 186 g/mol. The summed E-state index contributed by atoms with van der Waals surface area (Å²) in [7, 11) is -3.75. The Bertz CT molecular complexity index is 164. The summed E-state index contributed by atoms with van der Waals surface area (Å²) in [5, 5.41) is 0. The fraction of sp³-hybridized carbons (Fsp3) is 1.00. The Labute approximate surface area is 66.1 Å². The normalized spacial score (nSPS) is 11.8. The minimum Gasteiger partial charge on any atom is -0.286 e. The van der Waals surface area contributed by atoms with Gasteiger partial charge in [0.05, 0.1) is 5.75 Å². The van der Waals surface area contributed by atoms with Gasteiger partial charge in [-0.15, -0.1) is 11.6 Å². The third-order valence-electron chi connectivity index (χ3n) is 1.04. The molecule has 0 rings (SSSR count). The molecule has 0 spiro atoms. The lowest BCUT2D eigenvalue weighted by Gasteiger charge is -1.94. The van der Waals surface area contributed by atoms with Crippen molar-refractivity contribution in [1.29, 1.82) is 0 Å². The van der Waals surface area contributed by atoms with E-state index >= 15 is 0 Å². The average molecular weight is 187 g/mol. The van der Waals surface area contributed by atoms with Crippen LogP contribution in [-0.4, -0.2) is 24.6 Å². The van der Waals surface area contributed by atoms with E-state index in [1.54, 1.807) is 0 Å². The topological polar surface area (TPSA) is 54.4 Å². The zero-order chi connectivity index (χ0) is 8.04. The van der Waals surface area contributed by atoms with Crippen LogP contribution in [0.25, 0.3) is 0 Å². The van der Waals surface area contributed by atoms with Crippen LogP contribution in [-0.2, 0) is 10.1 Å². The van der Waals surface area contributed by atoms with E-state index in [9.17, 15) is 8.42 Å². The average Bonchev–Trinajstić information content (AvgIpc) is 1.78. The quantitative estimate of drug-likeness (QED) is 0.400. The Balaban J connectivity index is 3.21. The first kappa shape index (κ1) is 10.2. The van der Waals surface area contributed by atoms with Gasteiger partial charge in [-0.25, -0.2) is 0 Å². The van der Waals surface area contributed by atoms with Gasteiger partial charge in [0.25, 0.3) is 10.1 Å². The van der Waals surface area contributed by atoms with Gasteiger partial charge >= 0.3 is 0 Å². The highest BCUT2D eigenvalue weighted by Crippen LogP contribution is 1.99. The zero-order valence-electron chi connectivity index (χ0n) is 5.59. The predicted molar refractivity (Wildman–Crippen MR) is 41.0 cm³/mol. The van der Waals surface area contributed by atoms with Gasteiger partial charge in [0.2, 0.25) is 0 Å². The van der Waals surface area contributed by atoms with Gasteiger partial charge in [-0.2, -0.15) is 8.42 Å². The summed E-state index contributed by atoms with van der Waals surface area (Å²) in [4.78, 5) is 0. The van der Waals surface area contributed by atoms with E-state index < -0.39 is 10.1 Å². The molecule has 0 aromatic heterocycles. The molecule has 0 amide bonds. The van der Waals surface area contributed by atoms with Gasteiger partial charge in [-0.1, -0.05) is 6.42 Å². The van der Waals surface area contributed by atoms with Crippen molar-refractivity contribution < 1.29 is 13.0 Å². The Hall–Kier alpha value is 0.200. The van der Waals surface area contributed by atoms with Crippen molar-refractivity contribution in [3.63, 3.8) is 0 Å². The molecule has 0 aromatic rings. The molecule has 10 heavy (non-hydrogen) atoms. The highest BCUT2D eigenvalue weighted by Gasteiger charge is 2.01. The van der Waals surface area contributed by atoms with Crippen molar-refractivity contribution in [2.75, 3.05) is 11.6 Å². The fourth-order valence-corrected chi connectivity index (χ4v) is 1.31. The SMILES string of the molecule is O=S(=O)(O)CCCCCCl. The van der Waals surface area contributed by atoms with Crippen LogP contribution in [0, 0.1) is 0 Å². The molecule has 0 aliphatic rings. The fourth-order valence-electron chi connectivity index (χ4n) is 0.556. The second-order valence-corrected chi connectivity index (χ2v) is 3.99. The van der Waals surface area contributed by atoms with Crippen LogP contribution < -0.4 is 0 Å². The van der Waals surface area contributed by atoms with Gasteiger partial charge in [0, 0.05) is 5.88 Å². The molecule has 0 unspecified atom stereocenters. The molecule has 0 aliphatic carbocycles. The highest BCUT2D eigenvalue weighted by molar-refractivity contribution is 7.85. The first-order valence-electron chi connectivity index (χ1n) is 3.07. The molecule has 5 heteroatoms. The third kappa shape index (κ3) is 8.20. The Kier molecular flexibility index (Phi) is 5.03. The van der Waals surface area contributed by atoms with Crippen molar-refractivity contribution >= 4 is 21.7 Å². The summed E-state index contributed by atoms with van der Waals surface area (Å²) >= 11 is 5.34. The number of unbranched alkanes of at least 4 members (excludes halogenated alkanes) is 2. The maximum absolute atomic E-state index is 10.1. The molecule has 3 nitrogen and oxygen atoms in total. The molecule has 62 valence electrons. The lowest BCUT2D eigenvalue weighted by molar-refractivity contribution is 0.480. The molecular weight excluding hydrogens is 176 g/mol. The maximum atomic E-state index is 10.1. The predicted octanol–water partition coefficient (Wildman–Crippen LogP) is 1.28. The standard InChI is InChI=1S/C5H11ClO3S/c6-4-2-1-3-5-10(7,8)9/h1-5H2,(H,7,8,9). The smallest absolute Gasteiger partial charge is 0.264 e. The number of rotatable bonds is 5. The van der Waals surface area contributed by atoms with Crippen LogP contribution in [0.3, 0.4) is 0 Å². The number of hydrogen-bond acceptors (Lipinski definition) is 2. The summed E-state index contributed by atoms with van der Waals surface area (Å²) in [5.41, 5.74) is 0. The largest absolute Gasteiger partial charge is 0.286 e. The number of halogens is 1. The van der Waals surface area contributed by atoms with E-state index in [0.29, 0.717) is 12.3 Å². The van der Waals surface area contributed by atoms with Crippen LogP contribution in [0.2, 0.25) is 0 Å². The summed E-state index contributed by atoms with van der Waals surface area (Å²) in [6.07, 6.45) is 2.05. The Morgan fingerprint density at radius 3 is 2.20 bits per heavy atom. The third-order valence-corrected chi connectivity index (χ3v) is 2.11. The summed E-state index contributed by atoms with van der Waals surface area (Å²) in [5.74, 6) is 0.398. The zero-order valence-corrected chi connectivity index (χ0v) is 7.16. The van der Waals surface area contributed by atoms with E-state index in [0.717, 1.165) is 12.8 Å². The molecule has 1 N–H and O–H groups in total. The molecule has 0 heterocycles. The lowest BCUT2D eigenvalue weighted by atomic mass is 10.3. The number of alkyl halides is 1. The first-order valence-corrected chi connectivity index (χ1v) is 5.22. The molecule has 0 bridgehead atoms. The molecule has 0 saturated heterocycles. The Morgan fingerprint density at radius 2 is 1.80 bits per heavy atom. The van der Waals surface area contributed by atoms with Crippen molar-refractivity contribution in [2.45, 2.75) is 19.3 Å². The molecule has 0 atom stereocenters. The van der Waals surface area contributed by atoms with Crippen LogP contribution >= 0.6 is 11.6 Å². The highest BCUT2D eigenvalue weighted by atomic mass is 35.5. The van der Waals surface area contributed by atoms with Gasteiger partial charge in [-0.3, -0.25) is 4.55 Å². The van der Waals surface area contributed by atoms with Gasteiger partial charge < -0.3 is 0 Å². The van der Waals surface area contributed by atoms with Gasteiger partial charge in [0.15, 0.2) is 0 Å². The molecule has 0 aromatic carbocycles. The second kappa shape index (κ2) is 4.93. The minimum atomic E-state index is -3.75. The summed E-state index contributed by atoms with van der Waals surface area (Å²) in [6, 6.07) is 0. The first-order chi connectivity index (χ1) is 4.56. The lowest BCUT2D eigenvalue weighted by Crippen LogP contribution is -2.03. The molecular formula is C5H11ClO3S. The molecule has 0 fully saturated rings. The molecule has 0 aliphatic heterocycles. The van der Waals surface area contributed by atoms with E-state index in [1.807, 2.05) is 0 Å². The van der Waals surface area contributed by atoms with Crippen molar-refractivity contribution in [1.82, 2.24) is 0 Å². The van der Waals surface area contributed by atoms with Gasteiger partial charge in [0.1, 0.15) is 0 Å². The maximum Gasteiger partial charge on any atom is 0.264 e. The second-order valence-electron chi connectivity index (χ2n) is 2.04. The minimum absolute atomic E-state index is 0.149. The van der Waals surface area contributed by atoms with Crippen LogP contribution in [0.15, 0.2) is 0 Å². The molecule has 0 saturated carbocycles. The van der Waals surface area contributed by atoms with Gasteiger partial charge in [-0.05, 0) is 12.8 Å². The summed E-state index contributed by atoms with van der Waals surface area (Å²) in [6.45, 7) is 0.